The van der Waals surface area contributed by atoms with Crippen LogP contribution in [0.2, 0.25) is 0 Å². The van der Waals surface area contributed by atoms with Crippen LogP contribution in [0.5, 0.6) is 0 Å². The van der Waals surface area contributed by atoms with E-state index in [-0.39, 0.29) is 17.7 Å². The Morgan fingerprint density at radius 3 is 2.68 bits per heavy atom. The van der Waals surface area contributed by atoms with Crippen LogP contribution in [0.4, 0.5) is 4.39 Å². The molecule has 0 N–H and O–H groups in total. The summed E-state index contributed by atoms with van der Waals surface area (Å²) in [5.41, 5.74) is 4.40. The van der Waals surface area contributed by atoms with Crippen LogP contribution in [0.3, 0.4) is 0 Å². The van der Waals surface area contributed by atoms with Gasteiger partial charge in [0.25, 0.3) is 0 Å². The highest BCUT2D eigenvalue weighted by Gasteiger charge is 2.35. The molecule has 22 heavy (non-hydrogen) atoms. The monoisotopic (exact) mass is 292 g/mol. The summed E-state index contributed by atoms with van der Waals surface area (Å²) in [5, 5.41) is 0. The Morgan fingerprint density at radius 2 is 2.09 bits per heavy atom. The number of allylic oxidation sites excluding steroid dienone is 2. The molecule has 2 atom stereocenters. The number of terminal acetylenes is 1. The summed E-state index contributed by atoms with van der Waals surface area (Å²) in [6, 6.07) is 3.49. The molecule has 1 fully saturated rings. The van der Waals surface area contributed by atoms with E-state index in [0.29, 0.717) is 12.0 Å². The number of hydrogen-bond acceptors (Lipinski definition) is 0. The zero-order valence-electron chi connectivity index (χ0n) is 13.3. The van der Waals surface area contributed by atoms with Gasteiger partial charge >= 0.3 is 0 Å². The number of rotatable bonds is 3. The Bertz CT molecular complexity index is 719. The van der Waals surface area contributed by atoms with Crippen molar-refractivity contribution < 1.29 is 4.39 Å². The summed E-state index contributed by atoms with van der Waals surface area (Å²) < 4.78 is 14.7. The van der Waals surface area contributed by atoms with Gasteiger partial charge < -0.3 is 0 Å². The van der Waals surface area contributed by atoms with Crippen molar-refractivity contribution in [1.82, 2.24) is 0 Å². The fraction of sp³-hybridized carbons (Fsp3) is 0.333. The Kier molecular flexibility index (Phi) is 4.89. The van der Waals surface area contributed by atoms with Crippen molar-refractivity contribution >= 4 is 0 Å². The van der Waals surface area contributed by atoms with Gasteiger partial charge in [-0.3, -0.25) is 0 Å². The van der Waals surface area contributed by atoms with Crippen molar-refractivity contribution in [3.8, 4) is 24.2 Å². The van der Waals surface area contributed by atoms with Gasteiger partial charge in [0.1, 0.15) is 5.82 Å². The lowest BCUT2D eigenvalue weighted by molar-refractivity contribution is 0.600. The first-order valence-electron chi connectivity index (χ1n) is 7.58. The quantitative estimate of drug-likeness (QED) is 0.543. The molecule has 0 saturated heterocycles. The predicted molar refractivity (Wildman–Crippen MR) is 90.9 cm³/mol. The van der Waals surface area contributed by atoms with Crippen LogP contribution in [0.15, 0.2) is 36.4 Å². The highest BCUT2D eigenvalue weighted by molar-refractivity contribution is 5.51. The Balaban J connectivity index is 2.52. The van der Waals surface area contributed by atoms with Crippen LogP contribution in [0.25, 0.3) is 0 Å². The molecule has 0 aliphatic heterocycles. The van der Waals surface area contributed by atoms with E-state index in [1.54, 1.807) is 6.92 Å². The maximum Gasteiger partial charge on any atom is 0.128 e. The van der Waals surface area contributed by atoms with Gasteiger partial charge in [0.05, 0.1) is 0 Å². The molecule has 0 spiro atoms. The lowest BCUT2D eigenvalue weighted by atomic mass is 9.85. The molecular formula is C21H21F. The van der Waals surface area contributed by atoms with E-state index in [1.807, 2.05) is 13.0 Å². The van der Waals surface area contributed by atoms with E-state index < -0.39 is 0 Å². The second kappa shape index (κ2) is 6.67. The average molecular weight is 292 g/mol. The van der Waals surface area contributed by atoms with E-state index in [2.05, 4.69) is 30.9 Å². The van der Waals surface area contributed by atoms with E-state index in [9.17, 15) is 4.39 Å². The van der Waals surface area contributed by atoms with Crippen molar-refractivity contribution in [3.63, 3.8) is 0 Å². The van der Waals surface area contributed by atoms with E-state index in [4.69, 9.17) is 6.42 Å². The SMILES string of the molecule is C#CCC1CC(=C)C(c2c(F)cc(C#CC)cc2CC)C1=C. The minimum Gasteiger partial charge on any atom is -0.207 e. The summed E-state index contributed by atoms with van der Waals surface area (Å²) in [7, 11) is 0. The summed E-state index contributed by atoms with van der Waals surface area (Å²) in [5.74, 6) is 8.30. The Hall–Kier alpha value is -2.25. The molecule has 0 heterocycles. The molecule has 1 aliphatic carbocycles. The van der Waals surface area contributed by atoms with Gasteiger partial charge in [-0.25, -0.2) is 4.39 Å². The van der Waals surface area contributed by atoms with Crippen molar-refractivity contribution in [1.29, 1.82) is 0 Å². The molecule has 0 amide bonds. The minimum atomic E-state index is -0.217. The van der Waals surface area contributed by atoms with Gasteiger partial charge in [-0.05, 0) is 43.4 Å². The molecule has 1 aliphatic rings. The molecule has 1 heteroatoms. The third-order valence-corrected chi connectivity index (χ3v) is 4.33. The van der Waals surface area contributed by atoms with Gasteiger partial charge in [-0.2, -0.15) is 0 Å². The second-order valence-corrected chi connectivity index (χ2v) is 5.73. The fourth-order valence-corrected chi connectivity index (χ4v) is 3.31. The number of hydrogen-bond donors (Lipinski definition) is 0. The molecule has 112 valence electrons. The molecular weight excluding hydrogens is 271 g/mol. The third kappa shape index (κ3) is 2.86. The predicted octanol–water partition coefficient (Wildman–Crippen LogP) is 5.00. The molecule has 2 rings (SSSR count). The van der Waals surface area contributed by atoms with Gasteiger partial charge in [0, 0.05) is 23.5 Å². The molecule has 0 aromatic heterocycles. The normalized spacial score (nSPS) is 20.5. The maximum absolute atomic E-state index is 14.7. The Morgan fingerprint density at radius 1 is 1.36 bits per heavy atom. The zero-order valence-corrected chi connectivity index (χ0v) is 13.3. The first-order valence-corrected chi connectivity index (χ1v) is 7.58. The summed E-state index contributed by atoms with van der Waals surface area (Å²) in [4.78, 5) is 0. The summed E-state index contributed by atoms with van der Waals surface area (Å²) in [6.45, 7) is 12.1. The largest absolute Gasteiger partial charge is 0.207 e. The molecule has 1 saturated carbocycles. The molecule has 0 bridgehead atoms. The van der Waals surface area contributed by atoms with E-state index in [0.717, 1.165) is 35.1 Å². The first kappa shape index (κ1) is 16.1. The van der Waals surface area contributed by atoms with Crippen LogP contribution in [0.1, 0.15) is 49.3 Å². The molecule has 2 unspecified atom stereocenters. The van der Waals surface area contributed by atoms with Crippen LogP contribution >= 0.6 is 0 Å². The first-order chi connectivity index (χ1) is 10.5. The van der Waals surface area contributed by atoms with Crippen molar-refractivity contribution in [3.05, 3.63) is 58.9 Å². The highest BCUT2D eigenvalue weighted by atomic mass is 19.1. The second-order valence-electron chi connectivity index (χ2n) is 5.73. The smallest absolute Gasteiger partial charge is 0.128 e. The standard InChI is InChI=1S/C21H21F/c1-6-9-16-12-17(8-3)21(19(22)13-16)20-14(4)11-18(10-7-2)15(20)5/h2,12-13,18,20H,4-5,8,10-11H2,1,3H3. The minimum absolute atomic E-state index is 0.128. The van der Waals surface area contributed by atoms with Gasteiger partial charge in [0.2, 0.25) is 0 Å². The average Bonchev–Trinajstić information content (AvgIpc) is 2.74. The van der Waals surface area contributed by atoms with Crippen molar-refractivity contribution in [2.45, 2.75) is 39.0 Å². The van der Waals surface area contributed by atoms with Crippen molar-refractivity contribution in [2.24, 2.45) is 5.92 Å². The van der Waals surface area contributed by atoms with Crippen LogP contribution in [-0.2, 0) is 6.42 Å². The highest BCUT2D eigenvalue weighted by Crippen LogP contribution is 2.48. The zero-order chi connectivity index (χ0) is 16.3. The lowest BCUT2D eigenvalue weighted by Crippen LogP contribution is -2.07. The molecule has 1 aromatic rings. The van der Waals surface area contributed by atoms with Gasteiger partial charge in [-0.15, -0.1) is 18.3 Å². The number of halogens is 1. The molecule has 0 nitrogen and oxygen atoms in total. The third-order valence-electron chi connectivity index (χ3n) is 4.33. The maximum atomic E-state index is 14.7. The van der Waals surface area contributed by atoms with E-state index >= 15 is 0 Å². The Labute approximate surface area is 133 Å². The van der Waals surface area contributed by atoms with Gasteiger partial charge in [-0.1, -0.05) is 37.1 Å². The van der Waals surface area contributed by atoms with Crippen LogP contribution in [0, 0.1) is 35.9 Å². The fourth-order valence-electron chi connectivity index (χ4n) is 3.31. The number of aryl methyl sites for hydroxylation is 1. The number of benzene rings is 1. The van der Waals surface area contributed by atoms with E-state index in [1.165, 1.54) is 6.07 Å². The summed E-state index contributed by atoms with van der Waals surface area (Å²) >= 11 is 0. The molecule has 1 aromatic carbocycles. The molecule has 0 radical (unpaired) electrons. The van der Waals surface area contributed by atoms with Crippen LogP contribution in [-0.4, -0.2) is 0 Å². The lowest BCUT2D eigenvalue weighted by Gasteiger charge is -2.20. The summed E-state index contributed by atoms with van der Waals surface area (Å²) in [6.07, 6.45) is 7.62. The van der Waals surface area contributed by atoms with Crippen LogP contribution < -0.4 is 0 Å². The van der Waals surface area contributed by atoms with Crippen molar-refractivity contribution in [2.75, 3.05) is 0 Å². The van der Waals surface area contributed by atoms with Gasteiger partial charge in [0.15, 0.2) is 0 Å². The topological polar surface area (TPSA) is 0 Å².